The third-order valence-corrected chi connectivity index (χ3v) is 4.69. The van der Waals surface area contributed by atoms with Crippen molar-refractivity contribution in [2.24, 2.45) is 5.92 Å². The van der Waals surface area contributed by atoms with Crippen molar-refractivity contribution in [1.29, 1.82) is 0 Å². The molecule has 0 spiro atoms. The van der Waals surface area contributed by atoms with Crippen LogP contribution in [0.5, 0.6) is 0 Å². The summed E-state index contributed by atoms with van der Waals surface area (Å²) in [6.07, 6.45) is 1.50. The monoisotopic (exact) mass is 360 g/mol. The number of benzene rings is 1. The molecule has 132 valence electrons. The first-order valence-electron chi connectivity index (χ1n) is 7.98. The molecular formula is C19H21ClN2O3. The summed E-state index contributed by atoms with van der Waals surface area (Å²) in [5, 5.41) is 12.3. The number of aliphatic carboxylic acids is 1. The number of halogens is 1. The molecular weight excluding hydrogens is 340 g/mol. The Kier molecular flexibility index (Phi) is 5.80. The van der Waals surface area contributed by atoms with Gasteiger partial charge in [0.15, 0.2) is 0 Å². The largest absolute Gasteiger partial charge is 0.481 e. The standard InChI is InChI=1S/C19H21ClN2O3/c1-12(2)19(3,11-17(23)24)22-18(25)14-10-13(7-8-15(14)20)16-6-4-5-9-21-16/h4-10,12H,11H2,1-3H3,(H,22,25)(H,23,24). The first-order chi connectivity index (χ1) is 11.7. The minimum Gasteiger partial charge on any atom is -0.481 e. The summed E-state index contributed by atoms with van der Waals surface area (Å²) in [4.78, 5) is 28.2. The highest BCUT2D eigenvalue weighted by molar-refractivity contribution is 6.34. The highest BCUT2D eigenvalue weighted by Crippen LogP contribution is 2.26. The van der Waals surface area contributed by atoms with E-state index in [1.807, 2.05) is 32.0 Å². The summed E-state index contributed by atoms with van der Waals surface area (Å²) >= 11 is 6.20. The molecule has 0 aliphatic rings. The third kappa shape index (κ3) is 4.57. The number of carbonyl (C=O) groups excluding carboxylic acids is 1. The number of rotatable bonds is 6. The second-order valence-electron chi connectivity index (χ2n) is 6.51. The fraction of sp³-hybridized carbons (Fsp3) is 0.316. The molecule has 0 bridgehead atoms. The Hall–Kier alpha value is -2.40. The van der Waals surface area contributed by atoms with Crippen LogP contribution in [0.25, 0.3) is 11.3 Å². The van der Waals surface area contributed by atoms with Gasteiger partial charge in [-0.2, -0.15) is 0 Å². The molecule has 0 saturated carbocycles. The average Bonchev–Trinajstić information content (AvgIpc) is 2.55. The van der Waals surface area contributed by atoms with Crippen LogP contribution in [0.1, 0.15) is 37.6 Å². The van der Waals surface area contributed by atoms with E-state index < -0.39 is 17.4 Å². The van der Waals surface area contributed by atoms with Crippen molar-refractivity contribution < 1.29 is 14.7 Å². The van der Waals surface area contributed by atoms with E-state index >= 15 is 0 Å². The maximum absolute atomic E-state index is 12.7. The van der Waals surface area contributed by atoms with Crippen LogP contribution < -0.4 is 5.32 Å². The molecule has 5 nitrogen and oxygen atoms in total. The van der Waals surface area contributed by atoms with Gasteiger partial charge in [-0.15, -0.1) is 0 Å². The molecule has 2 rings (SSSR count). The lowest BCUT2D eigenvalue weighted by atomic mass is 9.85. The van der Waals surface area contributed by atoms with Gasteiger partial charge < -0.3 is 10.4 Å². The lowest BCUT2D eigenvalue weighted by Crippen LogP contribution is -2.51. The smallest absolute Gasteiger partial charge is 0.305 e. The molecule has 0 fully saturated rings. The SMILES string of the molecule is CC(C)C(C)(CC(=O)O)NC(=O)c1cc(-c2ccccn2)ccc1Cl. The van der Waals surface area contributed by atoms with Crippen LogP contribution in [0.3, 0.4) is 0 Å². The van der Waals surface area contributed by atoms with Crippen LogP contribution in [0.15, 0.2) is 42.6 Å². The number of hydrogen-bond acceptors (Lipinski definition) is 3. The molecule has 2 aromatic rings. The lowest BCUT2D eigenvalue weighted by Gasteiger charge is -2.33. The van der Waals surface area contributed by atoms with E-state index in [9.17, 15) is 9.59 Å². The fourth-order valence-corrected chi connectivity index (χ4v) is 2.63. The van der Waals surface area contributed by atoms with Crippen molar-refractivity contribution in [2.45, 2.75) is 32.7 Å². The Labute approximate surface area is 152 Å². The first kappa shape index (κ1) is 18.9. The molecule has 0 radical (unpaired) electrons. The van der Waals surface area contributed by atoms with E-state index in [0.29, 0.717) is 10.6 Å². The summed E-state index contributed by atoms with van der Waals surface area (Å²) in [5.41, 5.74) is 0.903. The van der Waals surface area contributed by atoms with E-state index in [2.05, 4.69) is 10.3 Å². The molecule has 0 aliphatic carbocycles. The number of aromatic nitrogens is 1. The van der Waals surface area contributed by atoms with Crippen molar-refractivity contribution in [3.63, 3.8) is 0 Å². The highest BCUT2D eigenvalue weighted by atomic mass is 35.5. The summed E-state index contributed by atoms with van der Waals surface area (Å²) in [6.45, 7) is 5.46. The molecule has 0 saturated heterocycles. The Balaban J connectivity index is 2.34. The molecule has 1 amide bonds. The van der Waals surface area contributed by atoms with Gasteiger partial charge in [0, 0.05) is 11.8 Å². The van der Waals surface area contributed by atoms with Gasteiger partial charge >= 0.3 is 5.97 Å². The number of carboxylic acids is 1. The maximum atomic E-state index is 12.7. The first-order valence-corrected chi connectivity index (χ1v) is 8.36. The van der Waals surface area contributed by atoms with Crippen molar-refractivity contribution in [1.82, 2.24) is 10.3 Å². The second kappa shape index (κ2) is 7.66. The van der Waals surface area contributed by atoms with Gasteiger partial charge in [-0.05, 0) is 37.1 Å². The van der Waals surface area contributed by atoms with E-state index in [0.717, 1.165) is 11.3 Å². The quantitative estimate of drug-likeness (QED) is 0.815. The summed E-state index contributed by atoms with van der Waals surface area (Å²) in [6, 6.07) is 10.6. The molecule has 6 heteroatoms. The predicted molar refractivity (Wildman–Crippen MR) is 97.6 cm³/mol. The summed E-state index contributed by atoms with van der Waals surface area (Å²) in [7, 11) is 0. The maximum Gasteiger partial charge on any atom is 0.305 e. The molecule has 1 aromatic heterocycles. The van der Waals surface area contributed by atoms with Gasteiger partial charge in [-0.1, -0.05) is 37.6 Å². The van der Waals surface area contributed by atoms with Crippen LogP contribution in [-0.2, 0) is 4.79 Å². The Morgan fingerprint density at radius 2 is 2.00 bits per heavy atom. The number of carboxylic acid groups (broad SMARTS) is 1. The van der Waals surface area contributed by atoms with E-state index in [1.165, 1.54) is 0 Å². The molecule has 25 heavy (non-hydrogen) atoms. The van der Waals surface area contributed by atoms with Gasteiger partial charge in [0.2, 0.25) is 0 Å². The number of pyridine rings is 1. The van der Waals surface area contributed by atoms with Crippen LogP contribution >= 0.6 is 11.6 Å². The molecule has 1 unspecified atom stereocenters. The normalized spacial score (nSPS) is 13.3. The fourth-order valence-electron chi connectivity index (χ4n) is 2.43. The lowest BCUT2D eigenvalue weighted by molar-refractivity contribution is -0.138. The van der Waals surface area contributed by atoms with Crippen molar-refractivity contribution >= 4 is 23.5 Å². The molecule has 1 atom stereocenters. The number of amides is 1. The van der Waals surface area contributed by atoms with E-state index in [1.54, 1.807) is 31.3 Å². The number of nitrogens with one attached hydrogen (secondary N) is 1. The van der Waals surface area contributed by atoms with E-state index in [-0.39, 0.29) is 12.3 Å². The molecule has 0 aliphatic heterocycles. The van der Waals surface area contributed by atoms with Crippen LogP contribution in [0.4, 0.5) is 0 Å². The molecule has 1 heterocycles. The van der Waals surface area contributed by atoms with Gasteiger partial charge in [-0.25, -0.2) is 0 Å². The Bertz CT molecular complexity index is 777. The van der Waals surface area contributed by atoms with Gasteiger partial charge in [0.05, 0.1) is 28.2 Å². The third-order valence-electron chi connectivity index (χ3n) is 4.36. The number of nitrogens with zero attached hydrogens (tertiary/aromatic N) is 1. The van der Waals surface area contributed by atoms with Crippen molar-refractivity contribution in [2.75, 3.05) is 0 Å². The Morgan fingerprint density at radius 3 is 2.56 bits per heavy atom. The molecule has 1 aromatic carbocycles. The minimum atomic E-state index is -0.968. The Morgan fingerprint density at radius 1 is 1.28 bits per heavy atom. The van der Waals surface area contributed by atoms with Gasteiger partial charge in [0.1, 0.15) is 0 Å². The summed E-state index contributed by atoms with van der Waals surface area (Å²) < 4.78 is 0. The zero-order valence-electron chi connectivity index (χ0n) is 14.4. The number of carbonyl (C=O) groups is 2. The van der Waals surface area contributed by atoms with Crippen LogP contribution in [0, 0.1) is 5.92 Å². The zero-order chi connectivity index (χ0) is 18.6. The number of hydrogen-bond donors (Lipinski definition) is 2. The topological polar surface area (TPSA) is 79.3 Å². The van der Waals surface area contributed by atoms with Crippen molar-refractivity contribution in [3.8, 4) is 11.3 Å². The van der Waals surface area contributed by atoms with Gasteiger partial charge in [0.25, 0.3) is 5.91 Å². The van der Waals surface area contributed by atoms with Crippen molar-refractivity contribution in [3.05, 3.63) is 53.2 Å². The summed E-state index contributed by atoms with van der Waals surface area (Å²) in [5.74, 6) is -1.43. The van der Waals surface area contributed by atoms with Gasteiger partial charge in [-0.3, -0.25) is 14.6 Å². The highest BCUT2D eigenvalue weighted by Gasteiger charge is 2.33. The van der Waals surface area contributed by atoms with Crippen LogP contribution in [-0.4, -0.2) is 27.5 Å². The van der Waals surface area contributed by atoms with E-state index in [4.69, 9.17) is 16.7 Å². The van der Waals surface area contributed by atoms with Crippen LogP contribution in [0.2, 0.25) is 5.02 Å². The predicted octanol–water partition coefficient (Wildman–Crippen LogP) is 4.02. The minimum absolute atomic E-state index is 0.0645. The average molecular weight is 361 g/mol. The zero-order valence-corrected chi connectivity index (χ0v) is 15.2. The second-order valence-corrected chi connectivity index (χ2v) is 6.91. The molecule has 2 N–H and O–H groups in total.